The number of hydrogen-bond acceptors (Lipinski definition) is 3. The van der Waals surface area contributed by atoms with E-state index in [0.717, 1.165) is 33.9 Å². The van der Waals surface area contributed by atoms with Crippen LogP contribution in [0.1, 0.15) is 41.7 Å². The van der Waals surface area contributed by atoms with Gasteiger partial charge in [-0.2, -0.15) is 0 Å². The summed E-state index contributed by atoms with van der Waals surface area (Å²) in [6.07, 6.45) is 2.11. The minimum atomic E-state index is -0.381. The van der Waals surface area contributed by atoms with Crippen molar-refractivity contribution in [1.82, 2.24) is 4.98 Å². The van der Waals surface area contributed by atoms with E-state index in [1.54, 1.807) is 6.92 Å². The molecule has 0 aliphatic heterocycles. The fourth-order valence-electron chi connectivity index (χ4n) is 2.26. The zero-order chi connectivity index (χ0) is 14.3. The molecule has 1 aliphatic rings. The Morgan fingerprint density at radius 1 is 1.50 bits per heavy atom. The van der Waals surface area contributed by atoms with Gasteiger partial charge in [0, 0.05) is 15.8 Å². The predicted octanol–water partition coefficient (Wildman–Crippen LogP) is 4.70. The highest BCUT2D eigenvalue weighted by molar-refractivity contribution is 9.10. The average Bonchev–Trinajstić information content (AvgIpc) is 3.23. The standard InChI is InChI=1S/C15H13BrClNO2/c1-2-20-15(19)12-13(17)10-7-9(16)5-6-11(10)18-14(12)8-3-4-8/h5-8H,2-4H2,1H3. The second-order valence-electron chi connectivity index (χ2n) is 4.84. The average molecular weight is 355 g/mol. The number of fused-ring (bicyclic) bond motifs is 1. The molecule has 20 heavy (non-hydrogen) atoms. The molecule has 5 heteroatoms. The largest absolute Gasteiger partial charge is 0.462 e. The number of hydrogen-bond donors (Lipinski definition) is 0. The van der Waals surface area contributed by atoms with Crippen molar-refractivity contribution in [2.24, 2.45) is 0 Å². The van der Waals surface area contributed by atoms with Gasteiger partial charge >= 0.3 is 5.97 Å². The van der Waals surface area contributed by atoms with Crippen LogP contribution in [0.2, 0.25) is 5.02 Å². The number of carbonyl (C=O) groups is 1. The Balaban J connectivity index is 2.26. The Kier molecular flexibility index (Phi) is 3.69. The molecule has 0 unspecified atom stereocenters. The van der Waals surface area contributed by atoms with Crippen molar-refractivity contribution in [1.29, 1.82) is 0 Å². The normalized spacial score (nSPS) is 14.6. The first-order chi connectivity index (χ1) is 9.61. The Bertz CT molecular complexity index is 698. The summed E-state index contributed by atoms with van der Waals surface area (Å²) in [6, 6.07) is 5.71. The van der Waals surface area contributed by atoms with Crippen LogP contribution >= 0.6 is 27.5 Å². The van der Waals surface area contributed by atoms with E-state index < -0.39 is 0 Å². The second kappa shape index (κ2) is 5.34. The molecule has 1 aliphatic carbocycles. The fraction of sp³-hybridized carbons (Fsp3) is 0.333. The number of ether oxygens (including phenoxy) is 1. The van der Waals surface area contributed by atoms with Gasteiger partial charge in [-0.25, -0.2) is 4.79 Å². The highest BCUT2D eigenvalue weighted by Gasteiger charge is 2.32. The molecule has 3 nitrogen and oxygen atoms in total. The first-order valence-electron chi connectivity index (χ1n) is 6.57. The van der Waals surface area contributed by atoms with E-state index >= 15 is 0 Å². The molecule has 0 radical (unpaired) electrons. The quantitative estimate of drug-likeness (QED) is 0.750. The van der Waals surface area contributed by atoms with Crippen molar-refractivity contribution < 1.29 is 9.53 Å². The molecule has 104 valence electrons. The molecule has 1 saturated carbocycles. The molecule has 0 atom stereocenters. The minimum Gasteiger partial charge on any atom is -0.462 e. The van der Waals surface area contributed by atoms with Gasteiger partial charge in [-0.1, -0.05) is 27.5 Å². The van der Waals surface area contributed by atoms with Crippen molar-refractivity contribution >= 4 is 44.4 Å². The third kappa shape index (κ3) is 2.42. The molecule has 3 rings (SSSR count). The van der Waals surface area contributed by atoms with Crippen LogP contribution in [0.25, 0.3) is 10.9 Å². The smallest absolute Gasteiger partial charge is 0.341 e. The van der Waals surface area contributed by atoms with Gasteiger partial charge in [0.25, 0.3) is 0 Å². The lowest BCUT2D eigenvalue weighted by Gasteiger charge is -2.12. The third-order valence-electron chi connectivity index (χ3n) is 3.36. The van der Waals surface area contributed by atoms with E-state index in [4.69, 9.17) is 16.3 Å². The molecule has 0 amide bonds. The van der Waals surface area contributed by atoms with Crippen molar-refractivity contribution in [2.75, 3.05) is 6.61 Å². The summed E-state index contributed by atoms with van der Waals surface area (Å²) in [5.74, 6) is -0.0475. The topological polar surface area (TPSA) is 39.2 Å². The van der Waals surface area contributed by atoms with Crippen LogP contribution in [0.5, 0.6) is 0 Å². The van der Waals surface area contributed by atoms with Crippen molar-refractivity contribution in [3.05, 3.63) is 39.0 Å². The molecule has 1 heterocycles. The lowest BCUT2D eigenvalue weighted by Crippen LogP contribution is -2.10. The van der Waals surface area contributed by atoms with Gasteiger partial charge in [0.05, 0.1) is 22.8 Å². The van der Waals surface area contributed by atoms with E-state index in [-0.39, 0.29) is 5.97 Å². The Labute approximate surface area is 130 Å². The summed E-state index contributed by atoms with van der Waals surface area (Å²) >= 11 is 9.88. The van der Waals surface area contributed by atoms with E-state index in [1.165, 1.54) is 0 Å². The molecule has 1 fully saturated rings. The summed E-state index contributed by atoms with van der Waals surface area (Å²) in [7, 11) is 0. The summed E-state index contributed by atoms with van der Waals surface area (Å²) < 4.78 is 6.04. The van der Waals surface area contributed by atoms with E-state index in [9.17, 15) is 4.79 Å². The zero-order valence-electron chi connectivity index (χ0n) is 11.0. The number of pyridine rings is 1. The minimum absolute atomic E-state index is 0.329. The number of esters is 1. The molecule has 0 bridgehead atoms. The van der Waals surface area contributed by atoms with Gasteiger partial charge in [-0.3, -0.25) is 4.98 Å². The van der Waals surface area contributed by atoms with Gasteiger partial charge in [-0.05, 0) is 38.0 Å². The van der Waals surface area contributed by atoms with Crippen LogP contribution in [-0.4, -0.2) is 17.6 Å². The number of nitrogens with zero attached hydrogens (tertiary/aromatic N) is 1. The number of benzene rings is 1. The Morgan fingerprint density at radius 2 is 2.25 bits per heavy atom. The van der Waals surface area contributed by atoms with Crippen molar-refractivity contribution in [3.8, 4) is 0 Å². The lowest BCUT2D eigenvalue weighted by molar-refractivity contribution is 0.0525. The molecular formula is C15H13BrClNO2. The molecular weight excluding hydrogens is 342 g/mol. The summed E-state index contributed by atoms with van der Waals surface area (Å²) in [5, 5.41) is 1.21. The molecule has 2 aromatic rings. The van der Waals surface area contributed by atoms with E-state index in [2.05, 4.69) is 20.9 Å². The van der Waals surface area contributed by atoms with Crippen LogP contribution < -0.4 is 0 Å². The Morgan fingerprint density at radius 3 is 2.90 bits per heavy atom. The SMILES string of the molecule is CCOC(=O)c1c(C2CC2)nc2ccc(Br)cc2c1Cl. The second-order valence-corrected chi connectivity index (χ2v) is 6.14. The van der Waals surface area contributed by atoms with E-state index in [1.807, 2.05) is 18.2 Å². The lowest BCUT2D eigenvalue weighted by atomic mass is 10.1. The maximum atomic E-state index is 12.2. The van der Waals surface area contributed by atoms with Crippen LogP contribution in [-0.2, 0) is 4.74 Å². The number of aromatic nitrogens is 1. The molecule has 0 saturated heterocycles. The van der Waals surface area contributed by atoms with Gasteiger partial charge in [0.2, 0.25) is 0 Å². The zero-order valence-corrected chi connectivity index (χ0v) is 13.3. The first kappa shape index (κ1) is 13.8. The van der Waals surface area contributed by atoms with Gasteiger partial charge in [0.15, 0.2) is 0 Å². The van der Waals surface area contributed by atoms with Crippen molar-refractivity contribution in [2.45, 2.75) is 25.7 Å². The summed E-state index contributed by atoms with van der Waals surface area (Å²) in [4.78, 5) is 16.8. The van der Waals surface area contributed by atoms with Gasteiger partial charge in [0.1, 0.15) is 5.56 Å². The Hall–Kier alpha value is -1.13. The molecule has 1 aromatic heterocycles. The number of carbonyl (C=O) groups excluding carboxylic acids is 1. The fourth-order valence-corrected chi connectivity index (χ4v) is 2.95. The maximum Gasteiger partial charge on any atom is 0.341 e. The molecule has 1 aromatic carbocycles. The monoisotopic (exact) mass is 353 g/mol. The van der Waals surface area contributed by atoms with Crippen molar-refractivity contribution in [3.63, 3.8) is 0 Å². The molecule has 0 spiro atoms. The van der Waals surface area contributed by atoms with Crippen LogP contribution in [0, 0.1) is 0 Å². The van der Waals surface area contributed by atoms with Crippen LogP contribution in [0.15, 0.2) is 22.7 Å². The third-order valence-corrected chi connectivity index (χ3v) is 4.24. The summed E-state index contributed by atoms with van der Waals surface area (Å²) in [6.45, 7) is 2.11. The predicted molar refractivity (Wildman–Crippen MR) is 82.4 cm³/mol. The number of rotatable bonds is 3. The maximum absolute atomic E-state index is 12.2. The highest BCUT2D eigenvalue weighted by Crippen LogP contribution is 2.44. The van der Waals surface area contributed by atoms with E-state index in [0.29, 0.717) is 23.1 Å². The highest BCUT2D eigenvalue weighted by atomic mass is 79.9. The van der Waals surface area contributed by atoms with Crippen LogP contribution in [0.4, 0.5) is 0 Å². The number of halogens is 2. The van der Waals surface area contributed by atoms with Crippen LogP contribution in [0.3, 0.4) is 0 Å². The summed E-state index contributed by atoms with van der Waals surface area (Å²) in [5.41, 5.74) is 2.03. The molecule has 0 N–H and O–H groups in total. The first-order valence-corrected chi connectivity index (χ1v) is 7.74. The van der Waals surface area contributed by atoms with Gasteiger partial charge < -0.3 is 4.74 Å². The van der Waals surface area contributed by atoms with Gasteiger partial charge in [-0.15, -0.1) is 0 Å².